The van der Waals surface area contributed by atoms with Crippen molar-refractivity contribution in [2.45, 2.75) is 19.4 Å². The number of likely N-dealkylation sites (tertiary alicyclic amines) is 1. The molecule has 1 saturated heterocycles. The third-order valence-electron chi connectivity index (χ3n) is 5.59. The minimum Gasteiger partial charge on any atom is -0.505 e. The molecule has 1 amide bonds. The molecule has 31 heavy (non-hydrogen) atoms. The highest BCUT2D eigenvalue weighted by atomic mass is 16.3. The second-order valence-electron chi connectivity index (χ2n) is 8.03. The van der Waals surface area contributed by atoms with Gasteiger partial charge in [0.2, 0.25) is 0 Å². The molecule has 0 radical (unpaired) electrons. The van der Waals surface area contributed by atoms with Crippen LogP contribution < -0.4 is 0 Å². The van der Waals surface area contributed by atoms with Crippen LogP contribution in [0.3, 0.4) is 0 Å². The Morgan fingerprint density at radius 1 is 1.10 bits per heavy atom. The second-order valence-corrected chi connectivity index (χ2v) is 8.03. The molecule has 1 aliphatic heterocycles. The van der Waals surface area contributed by atoms with Gasteiger partial charge in [-0.2, -0.15) is 0 Å². The minimum absolute atomic E-state index is 0.106. The Balaban J connectivity index is 1.86. The molecule has 0 spiro atoms. The van der Waals surface area contributed by atoms with Crippen molar-refractivity contribution in [1.82, 2.24) is 19.2 Å². The smallest absolute Gasteiger partial charge is 0.295 e. The first kappa shape index (κ1) is 20.8. The summed E-state index contributed by atoms with van der Waals surface area (Å²) in [7, 11) is 3.94. The van der Waals surface area contributed by atoms with E-state index in [1.807, 2.05) is 67.5 Å². The number of hydrogen-bond acceptors (Lipinski definition) is 5. The molecule has 3 aromatic rings. The number of fused-ring (bicyclic) bond motifs is 1. The fourth-order valence-corrected chi connectivity index (χ4v) is 4.18. The molecule has 3 heterocycles. The lowest BCUT2D eigenvalue weighted by Crippen LogP contribution is -2.32. The van der Waals surface area contributed by atoms with Gasteiger partial charge in [-0.25, -0.2) is 4.98 Å². The predicted molar refractivity (Wildman–Crippen MR) is 119 cm³/mol. The van der Waals surface area contributed by atoms with Crippen LogP contribution in [0.1, 0.15) is 29.4 Å². The number of ketones is 1. The average molecular weight is 418 g/mol. The first-order valence-electron chi connectivity index (χ1n) is 10.3. The van der Waals surface area contributed by atoms with E-state index < -0.39 is 17.7 Å². The van der Waals surface area contributed by atoms with E-state index in [9.17, 15) is 14.7 Å². The van der Waals surface area contributed by atoms with Gasteiger partial charge in [0, 0.05) is 12.7 Å². The van der Waals surface area contributed by atoms with Gasteiger partial charge in [0.15, 0.2) is 5.76 Å². The lowest BCUT2D eigenvalue weighted by atomic mass is 9.96. The zero-order valence-corrected chi connectivity index (χ0v) is 17.9. The number of carbonyl (C=O) groups excluding carboxylic acids is 2. The number of aryl methyl sites for hydroxylation is 1. The molecule has 4 rings (SSSR count). The largest absolute Gasteiger partial charge is 0.505 e. The van der Waals surface area contributed by atoms with Crippen LogP contribution in [-0.4, -0.2) is 63.2 Å². The maximum atomic E-state index is 13.1. The number of aliphatic hydroxyl groups is 1. The molecule has 7 heteroatoms. The minimum atomic E-state index is -0.665. The van der Waals surface area contributed by atoms with Crippen LogP contribution >= 0.6 is 0 Å². The molecular weight excluding hydrogens is 392 g/mol. The predicted octanol–water partition coefficient (Wildman–Crippen LogP) is 3.02. The Morgan fingerprint density at radius 2 is 1.81 bits per heavy atom. The summed E-state index contributed by atoms with van der Waals surface area (Å²) in [5, 5.41) is 11.4. The lowest BCUT2D eigenvalue weighted by molar-refractivity contribution is -0.139. The first-order chi connectivity index (χ1) is 14.9. The zero-order valence-electron chi connectivity index (χ0n) is 17.9. The van der Waals surface area contributed by atoms with Crippen LogP contribution in [0.2, 0.25) is 0 Å². The first-order valence-corrected chi connectivity index (χ1v) is 10.3. The van der Waals surface area contributed by atoms with E-state index in [1.54, 1.807) is 22.4 Å². The van der Waals surface area contributed by atoms with Crippen LogP contribution in [0.15, 0.2) is 60.3 Å². The van der Waals surface area contributed by atoms with Crippen LogP contribution in [0.25, 0.3) is 11.4 Å². The van der Waals surface area contributed by atoms with Crippen LogP contribution in [0.5, 0.6) is 0 Å². The lowest BCUT2D eigenvalue weighted by Gasteiger charge is -2.26. The summed E-state index contributed by atoms with van der Waals surface area (Å²) >= 11 is 0. The Kier molecular flexibility index (Phi) is 5.61. The molecule has 0 bridgehead atoms. The topological polar surface area (TPSA) is 78.1 Å². The molecule has 160 valence electrons. The van der Waals surface area contributed by atoms with Gasteiger partial charge in [-0.1, -0.05) is 36.4 Å². The number of Topliss-reactive ketones (excluding diaryl/α,β-unsaturated/α-hetero) is 1. The van der Waals surface area contributed by atoms with Gasteiger partial charge in [-0.3, -0.25) is 14.0 Å². The van der Waals surface area contributed by atoms with E-state index in [4.69, 9.17) is 0 Å². The third kappa shape index (κ3) is 3.72. The molecule has 0 aliphatic carbocycles. The fraction of sp³-hybridized carbons (Fsp3) is 0.292. The van der Waals surface area contributed by atoms with Gasteiger partial charge in [0.1, 0.15) is 11.3 Å². The van der Waals surface area contributed by atoms with Gasteiger partial charge < -0.3 is 14.9 Å². The van der Waals surface area contributed by atoms with Gasteiger partial charge in [-0.05, 0) is 51.7 Å². The summed E-state index contributed by atoms with van der Waals surface area (Å²) in [4.78, 5) is 34.2. The number of carbonyl (C=O) groups is 2. The van der Waals surface area contributed by atoms with Crippen molar-refractivity contribution in [3.8, 4) is 0 Å². The standard InChI is InChI=1S/C24H26N4O3/c1-16-20(27-14-8-7-12-18(27)25-16)22(29)19-21(17-10-5-4-6-11-17)28(24(31)23(19)30)15-9-13-26(2)3/h4-8,10-12,14,21,29H,9,13,15H2,1-3H3/b22-19+/t21-/m0/s1. The summed E-state index contributed by atoms with van der Waals surface area (Å²) in [5.74, 6) is -1.44. The summed E-state index contributed by atoms with van der Waals surface area (Å²) in [6.07, 6.45) is 2.51. The Bertz CT molecular complexity index is 1160. The van der Waals surface area contributed by atoms with Gasteiger partial charge in [0.05, 0.1) is 17.3 Å². The van der Waals surface area contributed by atoms with Crippen LogP contribution in [0.4, 0.5) is 0 Å². The van der Waals surface area contributed by atoms with E-state index in [0.717, 1.165) is 18.5 Å². The molecule has 2 aromatic heterocycles. The van der Waals surface area contributed by atoms with Crippen molar-refractivity contribution in [2.75, 3.05) is 27.2 Å². The molecule has 0 unspecified atom stereocenters. The molecule has 1 aliphatic rings. The van der Waals surface area contributed by atoms with Gasteiger partial charge >= 0.3 is 0 Å². The number of benzene rings is 1. The number of pyridine rings is 1. The van der Waals surface area contributed by atoms with E-state index in [1.165, 1.54) is 0 Å². The highest BCUT2D eigenvalue weighted by Gasteiger charge is 2.46. The molecule has 1 fully saturated rings. The normalized spacial score (nSPS) is 18.5. The van der Waals surface area contributed by atoms with Gasteiger partial charge in [-0.15, -0.1) is 0 Å². The van der Waals surface area contributed by atoms with Crippen LogP contribution in [0, 0.1) is 6.92 Å². The maximum absolute atomic E-state index is 13.1. The van der Waals surface area contributed by atoms with Crippen molar-refractivity contribution in [3.63, 3.8) is 0 Å². The van der Waals surface area contributed by atoms with E-state index in [0.29, 0.717) is 23.6 Å². The Morgan fingerprint density at radius 3 is 2.52 bits per heavy atom. The molecular formula is C24H26N4O3. The number of amides is 1. The monoisotopic (exact) mass is 418 g/mol. The molecule has 7 nitrogen and oxygen atoms in total. The van der Waals surface area contributed by atoms with Crippen molar-refractivity contribution in [2.24, 2.45) is 0 Å². The zero-order chi connectivity index (χ0) is 22.1. The quantitative estimate of drug-likeness (QED) is 0.378. The fourth-order valence-electron chi connectivity index (χ4n) is 4.18. The second kappa shape index (κ2) is 8.35. The Labute approximate surface area is 181 Å². The summed E-state index contributed by atoms with van der Waals surface area (Å²) in [5.41, 5.74) is 2.59. The number of aliphatic hydroxyl groups excluding tert-OH is 1. The highest BCUT2D eigenvalue weighted by Crippen LogP contribution is 2.39. The number of hydrogen-bond donors (Lipinski definition) is 1. The SMILES string of the molecule is Cc1nc2ccccn2c1/C(O)=C1\C(=O)C(=O)N(CCCN(C)C)[C@H]1c1ccccc1. The van der Waals surface area contributed by atoms with Crippen molar-refractivity contribution >= 4 is 23.1 Å². The summed E-state index contributed by atoms with van der Waals surface area (Å²) < 4.78 is 1.74. The van der Waals surface area contributed by atoms with E-state index in [2.05, 4.69) is 4.98 Å². The average Bonchev–Trinajstić information content (AvgIpc) is 3.22. The highest BCUT2D eigenvalue weighted by molar-refractivity contribution is 6.46. The summed E-state index contributed by atoms with van der Waals surface area (Å²) in [6, 6.07) is 14.3. The van der Waals surface area contributed by atoms with Crippen molar-refractivity contribution in [3.05, 3.63) is 77.3 Å². The number of rotatable bonds is 6. The van der Waals surface area contributed by atoms with E-state index >= 15 is 0 Å². The molecule has 1 N–H and O–H groups in total. The van der Waals surface area contributed by atoms with Crippen LogP contribution in [-0.2, 0) is 9.59 Å². The van der Waals surface area contributed by atoms with Gasteiger partial charge in [0.25, 0.3) is 11.7 Å². The molecule has 1 atom stereocenters. The Hall–Kier alpha value is -3.45. The van der Waals surface area contributed by atoms with E-state index in [-0.39, 0.29) is 11.3 Å². The number of imidazole rings is 1. The molecule has 0 saturated carbocycles. The number of aromatic nitrogens is 2. The summed E-state index contributed by atoms with van der Waals surface area (Å²) in [6.45, 7) is 2.99. The van der Waals surface area contributed by atoms with Crippen molar-refractivity contribution < 1.29 is 14.7 Å². The molecule has 1 aromatic carbocycles. The maximum Gasteiger partial charge on any atom is 0.295 e. The number of nitrogens with zero attached hydrogens (tertiary/aromatic N) is 4. The third-order valence-corrected chi connectivity index (χ3v) is 5.59. The van der Waals surface area contributed by atoms with Crippen molar-refractivity contribution in [1.29, 1.82) is 0 Å².